The van der Waals surface area contributed by atoms with Crippen molar-refractivity contribution in [3.63, 3.8) is 0 Å². The summed E-state index contributed by atoms with van der Waals surface area (Å²) in [4.78, 5) is 18.4. The van der Waals surface area contributed by atoms with E-state index in [0.29, 0.717) is 13.0 Å². The van der Waals surface area contributed by atoms with E-state index in [1.54, 1.807) is 0 Å². The molecule has 1 saturated heterocycles. The van der Waals surface area contributed by atoms with E-state index >= 15 is 0 Å². The maximum atomic E-state index is 11.4. The Morgan fingerprint density at radius 3 is 2.86 bits per heavy atom. The third-order valence-electron chi connectivity index (χ3n) is 4.61. The van der Waals surface area contributed by atoms with E-state index in [-0.39, 0.29) is 0 Å². The molecule has 5 nitrogen and oxygen atoms in total. The Labute approximate surface area is 130 Å². The van der Waals surface area contributed by atoms with Crippen molar-refractivity contribution in [3.05, 3.63) is 30.1 Å². The molecule has 0 amide bonds. The molecule has 1 aliphatic heterocycles. The van der Waals surface area contributed by atoms with Crippen molar-refractivity contribution in [3.8, 4) is 0 Å². The summed E-state index contributed by atoms with van der Waals surface area (Å²) in [6.45, 7) is 7.08. The number of carbonyl (C=O) groups is 1. The number of nitrogens with zero attached hydrogens (tertiary/aromatic N) is 3. The highest BCUT2D eigenvalue weighted by Crippen LogP contribution is 2.31. The molecular formula is C17H23N3O2. The molecule has 1 unspecified atom stereocenters. The van der Waals surface area contributed by atoms with E-state index in [9.17, 15) is 9.90 Å². The zero-order valence-corrected chi connectivity index (χ0v) is 13.2. The second-order valence-electron chi connectivity index (χ2n) is 6.49. The smallest absolute Gasteiger partial charge is 0.310 e. The summed E-state index contributed by atoms with van der Waals surface area (Å²) in [5, 5.41) is 9.36. The Morgan fingerprint density at radius 1 is 1.41 bits per heavy atom. The van der Waals surface area contributed by atoms with Crippen molar-refractivity contribution >= 4 is 17.0 Å². The van der Waals surface area contributed by atoms with Gasteiger partial charge >= 0.3 is 5.97 Å². The Morgan fingerprint density at radius 2 is 2.18 bits per heavy atom. The monoisotopic (exact) mass is 301 g/mol. The first kappa shape index (κ1) is 15.0. The number of hydrogen-bond donors (Lipinski definition) is 1. The van der Waals surface area contributed by atoms with Gasteiger partial charge in [-0.05, 0) is 38.4 Å². The normalized spacial score (nSPS) is 22.5. The van der Waals surface area contributed by atoms with E-state index in [0.717, 1.165) is 37.4 Å². The number of likely N-dealkylation sites (tertiary alicyclic amines) is 1. The molecule has 2 aromatic rings. The molecule has 0 radical (unpaired) electrons. The summed E-state index contributed by atoms with van der Waals surface area (Å²) in [6.07, 6.45) is 1.76. The number of aryl methyl sites for hydroxylation is 1. The van der Waals surface area contributed by atoms with Gasteiger partial charge in [0.25, 0.3) is 0 Å². The zero-order valence-electron chi connectivity index (χ0n) is 13.2. The van der Waals surface area contributed by atoms with Gasteiger partial charge in [-0.25, -0.2) is 4.98 Å². The number of imidazole rings is 1. The van der Waals surface area contributed by atoms with Crippen molar-refractivity contribution in [1.82, 2.24) is 14.5 Å². The van der Waals surface area contributed by atoms with E-state index in [4.69, 9.17) is 4.98 Å². The van der Waals surface area contributed by atoms with Crippen LogP contribution in [0.1, 0.15) is 32.5 Å². The summed E-state index contributed by atoms with van der Waals surface area (Å²) >= 11 is 0. The molecule has 1 aromatic carbocycles. The van der Waals surface area contributed by atoms with Crippen molar-refractivity contribution in [1.29, 1.82) is 0 Å². The number of carboxylic acids is 1. The fourth-order valence-corrected chi connectivity index (χ4v) is 3.29. The molecule has 0 bridgehead atoms. The van der Waals surface area contributed by atoms with Crippen LogP contribution < -0.4 is 0 Å². The lowest BCUT2D eigenvalue weighted by Gasteiger charge is -2.20. The molecule has 118 valence electrons. The molecule has 2 heterocycles. The van der Waals surface area contributed by atoms with Crippen molar-refractivity contribution < 1.29 is 9.90 Å². The average molecular weight is 301 g/mol. The van der Waals surface area contributed by atoms with Crippen LogP contribution in [-0.4, -0.2) is 38.6 Å². The quantitative estimate of drug-likeness (QED) is 0.922. The van der Waals surface area contributed by atoms with Crippen LogP contribution in [0.3, 0.4) is 0 Å². The van der Waals surface area contributed by atoms with E-state index in [1.807, 2.05) is 25.1 Å². The van der Waals surface area contributed by atoms with Gasteiger partial charge in [0.2, 0.25) is 0 Å². The van der Waals surface area contributed by atoms with Crippen LogP contribution in [0.25, 0.3) is 11.0 Å². The topological polar surface area (TPSA) is 58.4 Å². The first-order valence-electron chi connectivity index (χ1n) is 7.93. The molecule has 0 aliphatic carbocycles. The maximum Gasteiger partial charge on any atom is 0.310 e. The largest absolute Gasteiger partial charge is 0.481 e. The summed E-state index contributed by atoms with van der Waals surface area (Å²) < 4.78 is 2.27. The lowest BCUT2D eigenvalue weighted by molar-refractivity contribution is -0.147. The highest BCUT2D eigenvalue weighted by molar-refractivity contribution is 5.76. The number of aromatic nitrogens is 2. The van der Waals surface area contributed by atoms with Gasteiger partial charge in [-0.1, -0.05) is 19.1 Å². The highest BCUT2D eigenvalue weighted by Gasteiger charge is 2.40. The molecule has 0 spiro atoms. The number of carboxylic acid groups (broad SMARTS) is 1. The van der Waals surface area contributed by atoms with Crippen molar-refractivity contribution in [2.75, 3.05) is 13.1 Å². The Kier molecular flexibility index (Phi) is 3.91. The SMILES string of the molecule is CCCn1c(CN2CCC(C)(C(=O)O)C2)nc2ccccc21. The van der Waals surface area contributed by atoms with Crippen LogP contribution in [-0.2, 0) is 17.9 Å². The molecule has 1 fully saturated rings. The van der Waals surface area contributed by atoms with Crippen molar-refractivity contribution in [2.45, 2.75) is 39.8 Å². The number of aliphatic carboxylic acids is 1. The minimum atomic E-state index is -0.697. The molecular weight excluding hydrogens is 278 g/mol. The van der Waals surface area contributed by atoms with Gasteiger partial charge in [0.05, 0.1) is 23.0 Å². The number of para-hydroxylation sites is 2. The zero-order chi connectivity index (χ0) is 15.7. The summed E-state index contributed by atoms with van der Waals surface area (Å²) in [6, 6.07) is 8.19. The van der Waals surface area contributed by atoms with Crippen LogP contribution in [0, 0.1) is 5.41 Å². The molecule has 1 N–H and O–H groups in total. The molecule has 1 atom stereocenters. The number of hydrogen-bond acceptors (Lipinski definition) is 3. The molecule has 22 heavy (non-hydrogen) atoms. The lowest BCUT2D eigenvalue weighted by atomic mass is 9.90. The van der Waals surface area contributed by atoms with Gasteiger partial charge in [0, 0.05) is 13.1 Å². The number of fused-ring (bicyclic) bond motifs is 1. The van der Waals surface area contributed by atoms with E-state index < -0.39 is 11.4 Å². The minimum absolute atomic E-state index is 0.595. The predicted molar refractivity (Wildman–Crippen MR) is 85.7 cm³/mol. The summed E-state index contributed by atoms with van der Waals surface area (Å²) in [5.41, 5.74) is 1.56. The maximum absolute atomic E-state index is 11.4. The van der Waals surface area contributed by atoms with Crippen LogP contribution in [0.5, 0.6) is 0 Å². The molecule has 3 rings (SSSR count). The first-order valence-corrected chi connectivity index (χ1v) is 7.93. The third-order valence-corrected chi connectivity index (χ3v) is 4.61. The van der Waals surface area contributed by atoms with Crippen LogP contribution >= 0.6 is 0 Å². The average Bonchev–Trinajstić information content (AvgIpc) is 3.03. The highest BCUT2D eigenvalue weighted by atomic mass is 16.4. The Hall–Kier alpha value is -1.88. The van der Waals surface area contributed by atoms with Crippen molar-refractivity contribution in [2.24, 2.45) is 5.41 Å². The lowest BCUT2D eigenvalue weighted by Crippen LogP contribution is -2.32. The first-order chi connectivity index (χ1) is 10.5. The van der Waals surface area contributed by atoms with Gasteiger partial charge in [0.1, 0.15) is 5.82 Å². The fraction of sp³-hybridized carbons (Fsp3) is 0.529. The number of rotatable bonds is 5. The summed E-state index contributed by atoms with van der Waals surface area (Å²) in [7, 11) is 0. The van der Waals surface area contributed by atoms with Crippen LogP contribution in [0.4, 0.5) is 0 Å². The molecule has 0 saturated carbocycles. The van der Waals surface area contributed by atoms with E-state index in [1.165, 1.54) is 5.52 Å². The fourth-order valence-electron chi connectivity index (χ4n) is 3.29. The van der Waals surface area contributed by atoms with Gasteiger partial charge in [-0.15, -0.1) is 0 Å². The molecule has 1 aromatic heterocycles. The second-order valence-corrected chi connectivity index (χ2v) is 6.49. The van der Waals surface area contributed by atoms with Crippen LogP contribution in [0.15, 0.2) is 24.3 Å². The second kappa shape index (κ2) is 5.72. The molecule has 5 heteroatoms. The predicted octanol–water partition coefficient (Wildman–Crippen LogP) is 2.74. The van der Waals surface area contributed by atoms with Gasteiger partial charge in [-0.2, -0.15) is 0 Å². The number of benzene rings is 1. The third kappa shape index (κ3) is 2.61. The van der Waals surface area contributed by atoms with Gasteiger partial charge in [-0.3, -0.25) is 9.69 Å². The van der Waals surface area contributed by atoms with Crippen LogP contribution in [0.2, 0.25) is 0 Å². The van der Waals surface area contributed by atoms with Gasteiger partial charge in [0.15, 0.2) is 0 Å². The Balaban J connectivity index is 1.85. The standard InChI is InChI=1S/C17H23N3O2/c1-3-9-20-14-7-5-4-6-13(14)18-15(20)11-19-10-8-17(2,12-19)16(21)22/h4-7H,3,8-12H2,1-2H3,(H,21,22). The molecule has 1 aliphatic rings. The Bertz CT molecular complexity index is 694. The van der Waals surface area contributed by atoms with E-state index in [2.05, 4.69) is 22.5 Å². The minimum Gasteiger partial charge on any atom is -0.481 e. The van der Waals surface area contributed by atoms with Gasteiger partial charge < -0.3 is 9.67 Å². The summed E-state index contributed by atoms with van der Waals surface area (Å²) in [5.74, 6) is 0.342.